The molecule has 0 spiro atoms. The van der Waals surface area contributed by atoms with Crippen molar-refractivity contribution in [1.82, 2.24) is 0 Å². The van der Waals surface area contributed by atoms with Gasteiger partial charge >= 0.3 is 0 Å². The minimum Gasteiger partial charge on any atom is -0.456 e. The minimum absolute atomic E-state index is 0.0447. The molecule has 0 amide bonds. The van der Waals surface area contributed by atoms with E-state index < -0.39 is 0 Å². The predicted molar refractivity (Wildman–Crippen MR) is 164 cm³/mol. The van der Waals surface area contributed by atoms with Gasteiger partial charge < -0.3 is 4.42 Å². The lowest BCUT2D eigenvalue weighted by atomic mass is 9.77. The topological polar surface area (TPSA) is 13.1 Å². The van der Waals surface area contributed by atoms with E-state index >= 15 is 0 Å². The van der Waals surface area contributed by atoms with Gasteiger partial charge in [0.1, 0.15) is 11.2 Å². The van der Waals surface area contributed by atoms with Crippen LogP contribution in [0, 0.1) is 0 Å². The fourth-order valence-corrected chi connectivity index (χ4v) is 6.77. The molecule has 0 saturated heterocycles. The van der Waals surface area contributed by atoms with Gasteiger partial charge in [-0.05, 0) is 62.1 Å². The summed E-state index contributed by atoms with van der Waals surface area (Å²) >= 11 is 0. The first-order valence-electron chi connectivity index (χ1n) is 14.0. The SMILES string of the molecule is CC(C)(C)c1ccc(C(c2cccc3c2-c2ccccc2C3(C)C)c2cccc3oc4ccccc4c23)cc1. The maximum absolute atomic E-state index is 6.36. The quantitative estimate of drug-likeness (QED) is 0.218. The molecule has 1 atom stereocenters. The van der Waals surface area contributed by atoms with E-state index in [4.69, 9.17) is 4.42 Å². The predicted octanol–water partition coefficient (Wildman–Crippen LogP) is 10.4. The molecule has 1 heterocycles. The summed E-state index contributed by atoms with van der Waals surface area (Å²) in [5.41, 5.74) is 12.8. The highest BCUT2D eigenvalue weighted by Gasteiger charge is 2.38. The van der Waals surface area contributed by atoms with Crippen LogP contribution in [0.3, 0.4) is 0 Å². The third-order valence-electron chi connectivity index (χ3n) is 8.81. The molecule has 1 aromatic heterocycles. The largest absolute Gasteiger partial charge is 0.456 e. The van der Waals surface area contributed by atoms with E-state index in [1.807, 2.05) is 0 Å². The summed E-state index contributed by atoms with van der Waals surface area (Å²) in [7, 11) is 0. The lowest BCUT2D eigenvalue weighted by Gasteiger charge is -2.26. The molecule has 1 heteroatoms. The van der Waals surface area contributed by atoms with Crippen molar-refractivity contribution in [3.63, 3.8) is 0 Å². The van der Waals surface area contributed by atoms with Crippen LogP contribution in [0.5, 0.6) is 0 Å². The van der Waals surface area contributed by atoms with Crippen LogP contribution >= 0.6 is 0 Å². The van der Waals surface area contributed by atoms with Gasteiger partial charge in [0.2, 0.25) is 0 Å². The van der Waals surface area contributed by atoms with Gasteiger partial charge in [0.05, 0.1) is 0 Å². The van der Waals surface area contributed by atoms with E-state index in [0.717, 1.165) is 11.2 Å². The van der Waals surface area contributed by atoms with Gasteiger partial charge in [-0.3, -0.25) is 0 Å². The van der Waals surface area contributed by atoms with Crippen LogP contribution in [0.25, 0.3) is 33.1 Å². The van der Waals surface area contributed by atoms with Gasteiger partial charge in [-0.1, -0.05) is 132 Å². The standard InChI is InChI=1S/C38H34O/c1-37(2,3)25-22-20-24(21-23-25)34(29-15-11-19-33-36(29)27-13-7-9-18-32(27)39-33)28-14-10-17-31-35(28)26-12-6-8-16-30(26)38(31,4)5/h6-23,34H,1-5H3. The lowest BCUT2D eigenvalue weighted by molar-refractivity contribution is 0.590. The van der Waals surface area contributed by atoms with E-state index in [2.05, 4.69) is 144 Å². The van der Waals surface area contributed by atoms with Crippen molar-refractivity contribution in [3.8, 4) is 11.1 Å². The Balaban J connectivity index is 1.56. The van der Waals surface area contributed by atoms with Crippen LogP contribution in [0.15, 0.2) is 114 Å². The lowest BCUT2D eigenvalue weighted by Crippen LogP contribution is -2.15. The molecule has 7 rings (SSSR count). The highest BCUT2D eigenvalue weighted by Crippen LogP contribution is 2.53. The third-order valence-corrected chi connectivity index (χ3v) is 8.81. The summed E-state index contributed by atoms with van der Waals surface area (Å²) in [5, 5.41) is 2.38. The van der Waals surface area contributed by atoms with Crippen molar-refractivity contribution < 1.29 is 4.42 Å². The van der Waals surface area contributed by atoms with Crippen LogP contribution in [0.2, 0.25) is 0 Å². The molecular weight excluding hydrogens is 472 g/mol. The van der Waals surface area contributed by atoms with Crippen molar-refractivity contribution in [1.29, 1.82) is 0 Å². The number of fused-ring (bicyclic) bond motifs is 6. The molecule has 5 aromatic carbocycles. The first-order chi connectivity index (χ1) is 18.7. The van der Waals surface area contributed by atoms with Crippen molar-refractivity contribution in [2.75, 3.05) is 0 Å². The van der Waals surface area contributed by atoms with Gasteiger partial charge in [0.15, 0.2) is 0 Å². The van der Waals surface area contributed by atoms with Gasteiger partial charge in [0.25, 0.3) is 0 Å². The number of benzene rings is 5. The average molecular weight is 507 g/mol. The molecule has 1 unspecified atom stereocenters. The fraction of sp³-hybridized carbons (Fsp3) is 0.211. The highest BCUT2D eigenvalue weighted by atomic mass is 16.3. The summed E-state index contributed by atoms with van der Waals surface area (Å²) in [4.78, 5) is 0. The summed E-state index contributed by atoms with van der Waals surface area (Å²) in [6, 6.07) is 40.2. The smallest absolute Gasteiger partial charge is 0.135 e. The van der Waals surface area contributed by atoms with Crippen molar-refractivity contribution in [2.45, 2.75) is 51.4 Å². The van der Waals surface area contributed by atoms with Gasteiger partial charge in [-0.15, -0.1) is 0 Å². The summed E-state index contributed by atoms with van der Waals surface area (Å²) in [5.74, 6) is 0.0561. The zero-order valence-electron chi connectivity index (χ0n) is 23.4. The maximum Gasteiger partial charge on any atom is 0.135 e. The second kappa shape index (κ2) is 8.45. The molecule has 0 aliphatic heterocycles. The fourth-order valence-electron chi connectivity index (χ4n) is 6.77. The van der Waals surface area contributed by atoms with E-state index in [9.17, 15) is 0 Å². The second-order valence-electron chi connectivity index (χ2n) is 12.6. The number of hydrogen-bond acceptors (Lipinski definition) is 1. The van der Waals surface area contributed by atoms with E-state index in [1.54, 1.807) is 0 Å². The first kappa shape index (κ1) is 24.0. The highest BCUT2D eigenvalue weighted by molar-refractivity contribution is 6.07. The van der Waals surface area contributed by atoms with Gasteiger partial charge in [-0.2, -0.15) is 0 Å². The zero-order valence-corrected chi connectivity index (χ0v) is 23.4. The first-order valence-corrected chi connectivity index (χ1v) is 14.0. The second-order valence-corrected chi connectivity index (χ2v) is 12.6. The van der Waals surface area contributed by atoms with Crippen molar-refractivity contribution in [3.05, 3.63) is 143 Å². The molecule has 0 saturated carbocycles. The Bertz CT molecular complexity index is 1860. The molecule has 0 radical (unpaired) electrons. The minimum atomic E-state index is -0.0447. The zero-order chi connectivity index (χ0) is 26.9. The maximum atomic E-state index is 6.36. The Morgan fingerprint density at radius 3 is 2.05 bits per heavy atom. The van der Waals surface area contributed by atoms with Crippen LogP contribution in [0.4, 0.5) is 0 Å². The summed E-state index contributed by atoms with van der Waals surface area (Å²) < 4.78 is 6.36. The number of hydrogen-bond donors (Lipinski definition) is 0. The van der Waals surface area contributed by atoms with E-state index in [0.29, 0.717) is 0 Å². The Morgan fingerprint density at radius 2 is 1.26 bits per heavy atom. The Morgan fingerprint density at radius 1 is 0.615 bits per heavy atom. The Kier molecular flexibility index (Phi) is 5.19. The van der Waals surface area contributed by atoms with Crippen LogP contribution in [-0.2, 0) is 10.8 Å². The molecule has 0 bridgehead atoms. The van der Waals surface area contributed by atoms with Gasteiger partial charge in [0, 0.05) is 22.1 Å². The van der Waals surface area contributed by atoms with E-state index in [1.165, 1.54) is 55.3 Å². The summed E-state index contributed by atoms with van der Waals surface area (Å²) in [6.07, 6.45) is 0. The van der Waals surface area contributed by atoms with Crippen molar-refractivity contribution >= 4 is 21.9 Å². The van der Waals surface area contributed by atoms with Gasteiger partial charge in [-0.25, -0.2) is 0 Å². The molecule has 1 aliphatic carbocycles. The number of furan rings is 1. The Labute approximate surface area is 231 Å². The molecule has 1 nitrogen and oxygen atoms in total. The van der Waals surface area contributed by atoms with Crippen LogP contribution < -0.4 is 0 Å². The molecule has 0 N–H and O–H groups in total. The third kappa shape index (κ3) is 3.60. The molecule has 39 heavy (non-hydrogen) atoms. The number of rotatable bonds is 3. The monoisotopic (exact) mass is 506 g/mol. The normalized spacial score (nSPS) is 14.9. The average Bonchev–Trinajstić information content (AvgIpc) is 3.43. The van der Waals surface area contributed by atoms with Crippen LogP contribution in [0.1, 0.15) is 73.9 Å². The van der Waals surface area contributed by atoms with E-state index in [-0.39, 0.29) is 16.7 Å². The molecule has 0 fully saturated rings. The van der Waals surface area contributed by atoms with Crippen molar-refractivity contribution in [2.24, 2.45) is 0 Å². The van der Waals surface area contributed by atoms with Crippen LogP contribution in [-0.4, -0.2) is 0 Å². The molecule has 1 aliphatic rings. The molecular formula is C38H34O. The molecule has 6 aromatic rings. The molecule has 192 valence electrons. The summed E-state index contributed by atoms with van der Waals surface area (Å²) in [6.45, 7) is 11.6. The Hall–Kier alpha value is -4.10. The number of para-hydroxylation sites is 1.